The molecular weight excluding hydrogens is 392 g/mol. The summed E-state index contributed by atoms with van der Waals surface area (Å²) in [7, 11) is 1.48. The van der Waals surface area contributed by atoms with Crippen molar-refractivity contribution in [2.75, 3.05) is 13.7 Å². The maximum Gasteiger partial charge on any atom is 0.338 e. The molecule has 0 heterocycles. The van der Waals surface area contributed by atoms with Crippen molar-refractivity contribution in [3.8, 4) is 5.75 Å². The number of carbonyl (C=O) groups is 3. The third kappa shape index (κ3) is 4.89. The fourth-order valence-corrected chi connectivity index (χ4v) is 2.91. The molecule has 146 valence electrons. The lowest BCUT2D eigenvalue weighted by Gasteiger charge is -2.07. The van der Waals surface area contributed by atoms with Gasteiger partial charge < -0.3 is 9.47 Å². The Hall–Kier alpha value is -3.44. The lowest BCUT2D eigenvalue weighted by molar-refractivity contribution is 0.0474. The molecule has 0 saturated carbocycles. The van der Waals surface area contributed by atoms with E-state index in [9.17, 15) is 14.4 Å². The molecule has 3 rings (SSSR count). The number of rotatable bonds is 7. The van der Waals surface area contributed by atoms with E-state index in [1.807, 2.05) is 6.07 Å². The first-order chi connectivity index (χ1) is 14.0. The molecule has 0 aromatic heterocycles. The summed E-state index contributed by atoms with van der Waals surface area (Å²) in [6.45, 7) is -0.424. The van der Waals surface area contributed by atoms with Crippen LogP contribution in [0, 0.1) is 0 Å². The fraction of sp³-hybridized carbons (Fsp3) is 0.0870. The van der Waals surface area contributed by atoms with Crippen molar-refractivity contribution in [3.05, 3.63) is 100 Å². The Morgan fingerprint density at radius 3 is 2.00 bits per heavy atom. The maximum atomic E-state index is 12.4. The second kappa shape index (κ2) is 9.17. The van der Waals surface area contributed by atoms with Crippen molar-refractivity contribution in [3.63, 3.8) is 0 Å². The van der Waals surface area contributed by atoms with Gasteiger partial charge in [-0.05, 0) is 30.3 Å². The predicted octanol–water partition coefficient (Wildman–Crippen LogP) is 4.62. The van der Waals surface area contributed by atoms with Crippen LogP contribution >= 0.6 is 11.6 Å². The molecular formula is C23H17ClO5. The van der Waals surface area contributed by atoms with Crippen LogP contribution in [0.5, 0.6) is 5.75 Å². The van der Waals surface area contributed by atoms with Crippen LogP contribution in [0.15, 0.2) is 72.8 Å². The van der Waals surface area contributed by atoms with Crippen molar-refractivity contribution < 1.29 is 23.9 Å². The number of benzene rings is 3. The van der Waals surface area contributed by atoms with Gasteiger partial charge in [0.15, 0.2) is 18.2 Å². The first-order valence-electron chi connectivity index (χ1n) is 8.73. The molecule has 0 atom stereocenters. The van der Waals surface area contributed by atoms with Gasteiger partial charge in [0.1, 0.15) is 5.75 Å². The highest BCUT2D eigenvalue weighted by molar-refractivity contribution is 6.32. The van der Waals surface area contributed by atoms with Crippen LogP contribution in [0.1, 0.15) is 36.6 Å². The fourth-order valence-electron chi connectivity index (χ4n) is 2.65. The van der Waals surface area contributed by atoms with Gasteiger partial charge in [0.2, 0.25) is 0 Å². The van der Waals surface area contributed by atoms with E-state index in [0.29, 0.717) is 27.5 Å². The van der Waals surface area contributed by atoms with Crippen molar-refractivity contribution in [2.24, 2.45) is 0 Å². The first-order valence-corrected chi connectivity index (χ1v) is 9.11. The Morgan fingerprint density at radius 2 is 1.38 bits per heavy atom. The second-order valence-electron chi connectivity index (χ2n) is 6.12. The highest BCUT2D eigenvalue weighted by Gasteiger charge is 2.15. The molecule has 29 heavy (non-hydrogen) atoms. The van der Waals surface area contributed by atoms with Gasteiger partial charge in [-0.1, -0.05) is 54.1 Å². The SMILES string of the molecule is COc1ccc(C(=O)COC(=O)c2ccc(C(=O)c3ccccc3)cc2)cc1Cl. The summed E-state index contributed by atoms with van der Waals surface area (Å²) < 4.78 is 10.1. The molecule has 0 saturated heterocycles. The summed E-state index contributed by atoms with van der Waals surface area (Å²) in [5.41, 5.74) is 1.57. The molecule has 0 radical (unpaired) electrons. The summed E-state index contributed by atoms with van der Waals surface area (Å²) >= 11 is 6.00. The lowest BCUT2D eigenvalue weighted by Crippen LogP contribution is -2.14. The Kier molecular flexibility index (Phi) is 6.42. The number of carbonyl (C=O) groups excluding carboxylic acids is 3. The smallest absolute Gasteiger partial charge is 0.338 e. The Labute approximate surface area is 172 Å². The molecule has 3 aromatic rings. The van der Waals surface area contributed by atoms with Gasteiger partial charge in [-0.25, -0.2) is 4.79 Å². The van der Waals surface area contributed by atoms with Crippen molar-refractivity contribution in [1.82, 2.24) is 0 Å². The number of esters is 1. The monoisotopic (exact) mass is 408 g/mol. The van der Waals surface area contributed by atoms with Crippen molar-refractivity contribution >= 4 is 29.1 Å². The zero-order valence-corrected chi connectivity index (χ0v) is 16.3. The third-order valence-electron chi connectivity index (χ3n) is 4.23. The molecule has 0 aliphatic heterocycles. The van der Waals surface area contributed by atoms with Crippen LogP contribution in [0.25, 0.3) is 0 Å². The molecule has 0 aliphatic carbocycles. The minimum absolute atomic E-state index is 0.142. The van der Waals surface area contributed by atoms with Gasteiger partial charge in [0.25, 0.3) is 0 Å². The summed E-state index contributed by atoms with van der Waals surface area (Å²) in [6.07, 6.45) is 0. The van der Waals surface area contributed by atoms with Gasteiger partial charge >= 0.3 is 5.97 Å². The average Bonchev–Trinajstić information content (AvgIpc) is 2.77. The Bertz CT molecular complexity index is 1040. The first kappa shape index (κ1) is 20.3. The zero-order chi connectivity index (χ0) is 20.8. The highest BCUT2D eigenvalue weighted by atomic mass is 35.5. The summed E-state index contributed by atoms with van der Waals surface area (Å²) in [5, 5.41) is 0.295. The van der Waals surface area contributed by atoms with Crippen LogP contribution in [0.3, 0.4) is 0 Å². The summed E-state index contributed by atoms with van der Waals surface area (Å²) in [4.78, 5) is 36.8. The number of Topliss-reactive ketones (excluding diaryl/α,β-unsaturated/α-hetero) is 1. The van der Waals surface area contributed by atoms with E-state index in [4.69, 9.17) is 21.1 Å². The summed E-state index contributed by atoms with van der Waals surface area (Å²) in [6, 6.07) is 19.5. The van der Waals surface area contributed by atoms with E-state index in [-0.39, 0.29) is 11.3 Å². The maximum absolute atomic E-state index is 12.4. The van der Waals surface area contributed by atoms with Gasteiger partial charge in [0, 0.05) is 16.7 Å². The Balaban J connectivity index is 1.61. The van der Waals surface area contributed by atoms with Gasteiger partial charge in [-0.2, -0.15) is 0 Å². The van der Waals surface area contributed by atoms with E-state index in [2.05, 4.69) is 0 Å². The molecule has 6 heteroatoms. The van der Waals surface area contributed by atoms with Gasteiger partial charge in [-0.15, -0.1) is 0 Å². The van der Waals surface area contributed by atoms with E-state index >= 15 is 0 Å². The van der Waals surface area contributed by atoms with Crippen LogP contribution in [0.2, 0.25) is 5.02 Å². The quantitative estimate of drug-likeness (QED) is 0.421. The number of ketones is 2. The third-order valence-corrected chi connectivity index (χ3v) is 4.52. The number of halogens is 1. The number of hydrogen-bond donors (Lipinski definition) is 0. The number of ether oxygens (including phenoxy) is 2. The molecule has 3 aromatic carbocycles. The van der Waals surface area contributed by atoms with E-state index in [1.54, 1.807) is 48.5 Å². The zero-order valence-electron chi connectivity index (χ0n) is 15.6. The normalized spacial score (nSPS) is 10.3. The topological polar surface area (TPSA) is 69.7 Å². The molecule has 0 unspecified atom stereocenters. The van der Waals surface area contributed by atoms with Crippen LogP contribution in [-0.2, 0) is 4.74 Å². The van der Waals surface area contributed by atoms with Crippen molar-refractivity contribution in [1.29, 1.82) is 0 Å². The van der Waals surface area contributed by atoms with Gasteiger partial charge in [0.05, 0.1) is 17.7 Å². The van der Waals surface area contributed by atoms with Crippen LogP contribution in [0.4, 0.5) is 0 Å². The molecule has 0 spiro atoms. The molecule has 0 amide bonds. The molecule has 0 aliphatic rings. The average molecular weight is 409 g/mol. The molecule has 5 nitrogen and oxygen atoms in total. The van der Waals surface area contributed by atoms with Crippen LogP contribution < -0.4 is 4.74 Å². The standard InChI is InChI=1S/C23H17ClO5/c1-28-21-12-11-18(13-19(21)24)20(25)14-29-23(27)17-9-7-16(8-10-17)22(26)15-5-3-2-4-6-15/h2-13H,14H2,1H3. The predicted molar refractivity (Wildman–Crippen MR) is 109 cm³/mol. The van der Waals surface area contributed by atoms with Crippen LogP contribution in [-0.4, -0.2) is 31.3 Å². The van der Waals surface area contributed by atoms with E-state index in [1.165, 1.54) is 25.3 Å². The number of methoxy groups -OCH3 is 1. The Morgan fingerprint density at radius 1 is 0.793 bits per heavy atom. The second-order valence-corrected chi connectivity index (χ2v) is 6.53. The highest BCUT2D eigenvalue weighted by Crippen LogP contribution is 2.25. The van der Waals surface area contributed by atoms with Crippen molar-refractivity contribution in [2.45, 2.75) is 0 Å². The molecule has 0 bridgehead atoms. The van der Waals surface area contributed by atoms with Gasteiger partial charge in [-0.3, -0.25) is 9.59 Å². The largest absolute Gasteiger partial charge is 0.495 e. The molecule has 0 N–H and O–H groups in total. The number of hydrogen-bond acceptors (Lipinski definition) is 5. The van der Waals surface area contributed by atoms with E-state index < -0.39 is 18.4 Å². The van der Waals surface area contributed by atoms with E-state index in [0.717, 1.165) is 0 Å². The summed E-state index contributed by atoms with van der Waals surface area (Å²) in [5.74, 6) is -0.738. The molecule has 0 fully saturated rings. The minimum atomic E-state index is -0.656. The minimum Gasteiger partial charge on any atom is -0.495 e. The lowest BCUT2D eigenvalue weighted by atomic mass is 10.0.